The average molecular weight is 314 g/mol. The summed E-state index contributed by atoms with van der Waals surface area (Å²) in [5.74, 6) is -1.18. The fourth-order valence-electron chi connectivity index (χ4n) is 2.33. The summed E-state index contributed by atoms with van der Waals surface area (Å²) in [5, 5.41) is 24.0. The highest BCUT2D eigenvalue weighted by atomic mass is 32.1. The van der Waals surface area contributed by atoms with Gasteiger partial charge in [-0.1, -0.05) is 41.4 Å². The second kappa shape index (κ2) is 5.45. The van der Waals surface area contributed by atoms with E-state index < -0.39 is 11.0 Å². The van der Waals surface area contributed by atoms with E-state index in [2.05, 4.69) is 0 Å². The van der Waals surface area contributed by atoms with Gasteiger partial charge in [0.2, 0.25) is 0 Å². The van der Waals surface area contributed by atoms with Crippen LogP contribution in [0.4, 0.5) is 11.4 Å². The molecule has 0 aliphatic heterocycles. The SMILES string of the molecule is O=C(O)c1sccc1N(c1cccc2ccccc12)[N+](=O)[O-]. The maximum absolute atomic E-state index is 11.6. The van der Waals surface area contributed by atoms with Gasteiger partial charge < -0.3 is 5.11 Å². The van der Waals surface area contributed by atoms with Crippen LogP contribution in [0.2, 0.25) is 0 Å². The molecule has 7 heteroatoms. The average Bonchev–Trinajstić information content (AvgIpc) is 2.97. The second-order valence-electron chi connectivity index (χ2n) is 4.49. The first-order valence-corrected chi connectivity index (χ1v) is 7.20. The Morgan fingerprint density at radius 3 is 2.55 bits per heavy atom. The lowest BCUT2D eigenvalue weighted by atomic mass is 10.1. The van der Waals surface area contributed by atoms with Crippen LogP contribution in [0.25, 0.3) is 10.8 Å². The third-order valence-corrected chi connectivity index (χ3v) is 4.12. The minimum absolute atomic E-state index is 0.0545. The van der Waals surface area contributed by atoms with Crippen molar-refractivity contribution >= 4 is 39.5 Å². The summed E-state index contributed by atoms with van der Waals surface area (Å²) in [7, 11) is 0. The van der Waals surface area contributed by atoms with E-state index in [1.165, 1.54) is 11.4 Å². The van der Waals surface area contributed by atoms with Crippen LogP contribution in [0.3, 0.4) is 0 Å². The van der Waals surface area contributed by atoms with Crippen molar-refractivity contribution in [2.45, 2.75) is 0 Å². The second-order valence-corrected chi connectivity index (χ2v) is 5.40. The molecule has 0 saturated heterocycles. The Hall–Kier alpha value is -2.93. The fraction of sp³-hybridized carbons (Fsp3) is 0. The summed E-state index contributed by atoms with van der Waals surface area (Å²) in [6.45, 7) is 0. The number of carbonyl (C=O) groups is 1. The van der Waals surface area contributed by atoms with E-state index >= 15 is 0 Å². The van der Waals surface area contributed by atoms with Gasteiger partial charge in [0.1, 0.15) is 16.3 Å². The lowest BCUT2D eigenvalue weighted by Gasteiger charge is -2.15. The van der Waals surface area contributed by atoms with E-state index in [1.807, 2.05) is 18.2 Å². The highest BCUT2D eigenvalue weighted by molar-refractivity contribution is 7.12. The number of nitro groups is 1. The van der Waals surface area contributed by atoms with Gasteiger partial charge >= 0.3 is 5.97 Å². The number of fused-ring (bicyclic) bond motifs is 1. The number of carboxylic acids is 1. The van der Waals surface area contributed by atoms with Crippen molar-refractivity contribution in [3.05, 3.63) is 68.9 Å². The van der Waals surface area contributed by atoms with Gasteiger partial charge in [0.05, 0.1) is 0 Å². The molecular weight excluding hydrogens is 304 g/mol. The van der Waals surface area contributed by atoms with Crippen molar-refractivity contribution in [3.8, 4) is 0 Å². The first-order chi connectivity index (χ1) is 10.6. The molecule has 0 bridgehead atoms. The van der Waals surface area contributed by atoms with Crippen LogP contribution in [0.5, 0.6) is 0 Å². The van der Waals surface area contributed by atoms with Crippen molar-refractivity contribution in [1.29, 1.82) is 0 Å². The highest BCUT2D eigenvalue weighted by Crippen LogP contribution is 2.36. The molecule has 0 spiro atoms. The Kier molecular flexibility index (Phi) is 3.48. The molecule has 1 heterocycles. The molecule has 110 valence electrons. The predicted octanol–water partition coefficient (Wildman–Crippen LogP) is 3.93. The molecule has 0 fully saturated rings. The number of hydrogen-bond donors (Lipinski definition) is 1. The van der Waals surface area contributed by atoms with Crippen molar-refractivity contribution < 1.29 is 14.9 Å². The number of anilines is 2. The van der Waals surface area contributed by atoms with Gasteiger partial charge in [0.15, 0.2) is 5.03 Å². The zero-order valence-corrected chi connectivity index (χ0v) is 12.0. The number of hydrazine groups is 1. The van der Waals surface area contributed by atoms with E-state index in [1.54, 1.807) is 24.3 Å². The maximum Gasteiger partial charge on any atom is 0.348 e. The minimum atomic E-state index is -1.18. The summed E-state index contributed by atoms with van der Waals surface area (Å²) < 4.78 is 0. The van der Waals surface area contributed by atoms with E-state index in [-0.39, 0.29) is 10.6 Å². The van der Waals surface area contributed by atoms with Gasteiger partial charge in [-0.05, 0) is 22.9 Å². The fourth-order valence-corrected chi connectivity index (χ4v) is 3.04. The first kappa shape index (κ1) is 14.0. The Bertz CT molecular complexity index is 869. The molecule has 2 aromatic carbocycles. The standard InChI is InChI=1S/C15H10N2O4S/c18-15(19)14-13(8-9-22-14)16(17(20)21)12-7-3-5-10-4-1-2-6-11(10)12/h1-9H,(H,18,19). The van der Waals surface area contributed by atoms with Crippen LogP contribution in [0.15, 0.2) is 53.9 Å². The Morgan fingerprint density at radius 2 is 1.82 bits per heavy atom. The molecule has 0 unspecified atom stereocenters. The molecule has 0 aliphatic carbocycles. The molecule has 22 heavy (non-hydrogen) atoms. The monoisotopic (exact) mass is 314 g/mol. The van der Waals surface area contributed by atoms with Crippen LogP contribution in [0.1, 0.15) is 9.67 Å². The number of nitrogens with zero attached hydrogens (tertiary/aromatic N) is 2. The Morgan fingerprint density at radius 1 is 1.09 bits per heavy atom. The minimum Gasteiger partial charge on any atom is -0.477 e. The number of hydrogen-bond acceptors (Lipinski definition) is 4. The van der Waals surface area contributed by atoms with E-state index in [0.29, 0.717) is 11.1 Å². The number of benzene rings is 2. The molecule has 3 aromatic rings. The quantitative estimate of drug-likeness (QED) is 0.582. The zero-order chi connectivity index (χ0) is 15.7. The lowest BCUT2D eigenvalue weighted by Crippen LogP contribution is -2.25. The van der Waals surface area contributed by atoms with Gasteiger partial charge in [-0.2, -0.15) is 0 Å². The topological polar surface area (TPSA) is 83.7 Å². The van der Waals surface area contributed by atoms with Crippen LogP contribution in [-0.2, 0) is 0 Å². The van der Waals surface area contributed by atoms with E-state index in [4.69, 9.17) is 0 Å². The molecule has 1 N–H and O–H groups in total. The molecule has 0 amide bonds. The van der Waals surface area contributed by atoms with Gasteiger partial charge in [0, 0.05) is 5.39 Å². The van der Waals surface area contributed by atoms with E-state index in [0.717, 1.165) is 21.7 Å². The van der Waals surface area contributed by atoms with Gasteiger partial charge in [-0.25, -0.2) is 14.9 Å². The van der Waals surface area contributed by atoms with Crippen molar-refractivity contribution in [2.75, 3.05) is 5.01 Å². The normalized spacial score (nSPS) is 10.5. The van der Waals surface area contributed by atoms with Crippen LogP contribution in [0, 0.1) is 10.1 Å². The van der Waals surface area contributed by atoms with Crippen molar-refractivity contribution in [1.82, 2.24) is 0 Å². The number of thiophene rings is 1. The van der Waals surface area contributed by atoms with Gasteiger partial charge in [-0.15, -0.1) is 11.3 Å². The zero-order valence-electron chi connectivity index (χ0n) is 11.2. The molecule has 6 nitrogen and oxygen atoms in total. The predicted molar refractivity (Wildman–Crippen MR) is 84.4 cm³/mol. The molecule has 0 atom stereocenters. The summed E-state index contributed by atoms with van der Waals surface area (Å²) in [6.07, 6.45) is 0. The molecule has 0 aliphatic rings. The molecule has 0 saturated carbocycles. The Labute approximate surface area is 129 Å². The van der Waals surface area contributed by atoms with Crippen molar-refractivity contribution in [3.63, 3.8) is 0 Å². The first-order valence-electron chi connectivity index (χ1n) is 6.32. The largest absolute Gasteiger partial charge is 0.477 e. The van der Waals surface area contributed by atoms with Crippen LogP contribution >= 0.6 is 11.3 Å². The summed E-state index contributed by atoms with van der Waals surface area (Å²) in [4.78, 5) is 22.8. The smallest absolute Gasteiger partial charge is 0.348 e. The maximum atomic E-state index is 11.6. The summed E-state index contributed by atoms with van der Waals surface area (Å²) in [6, 6.07) is 13.9. The van der Waals surface area contributed by atoms with Gasteiger partial charge in [-0.3, -0.25) is 0 Å². The molecule has 0 radical (unpaired) electrons. The van der Waals surface area contributed by atoms with Gasteiger partial charge in [0.25, 0.3) is 0 Å². The van der Waals surface area contributed by atoms with Crippen LogP contribution < -0.4 is 5.01 Å². The summed E-state index contributed by atoms with van der Waals surface area (Å²) >= 11 is 0.958. The summed E-state index contributed by atoms with van der Waals surface area (Å²) in [5.41, 5.74) is 0.392. The van der Waals surface area contributed by atoms with Crippen LogP contribution in [-0.4, -0.2) is 16.1 Å². The Balaban J connectivity index is 2.26. The lowest BCUT2D eigenvalue weighted by molar-refractivity contribution is -0.483. The molecule has 1 aromatic heterocycles. The van der Waals surface area contributed by atoms with E-state index in [9.17, 15) is 20.0 Å². The number of rotatable bonds is 4. The number of aromatic carboxylic acids is 1. The third kappa shape index (κ3) is 2.27. The highest BCUT2D eigenvalue weighted by Gasteiger charge is 2.28. The molecular formula is C15H10N2O4S. The third-order valence-electron chi connectivity index (χ3n) is 3.22. The number of carboxylic acid groups (broad SMARTS) is 1. The van der Waals surface area contributed by atoms with Crippen molar-refractivity contribution in [2.24, 2.45) is 0 Å². The molecule has 3 rings (SSSR count).